The molecule has 0 N–H and O–H groups in total. The minimum atomic E-state index is -0.129. The summed E-state index contributed by atoms with van der Waals surface area (Å²) >= 11 is 0. The number of nitrogens with zero attached hydrogens (tertiary/aromatic N) is 1. The first-order chi connectivity index (χ1) is 26.5. The Kier molecular flexibility index (Phi) is 7.84. The smallest absolute Gasteiger partial charge is 0.0543 e. The van der Waals surface area contributed by atoms with E-state index in [0.717, 1.165) is 17.8 Å². The first-order valence-corrected chi connectivity index (χ1v) is 19.5. The van der Waals surface area contributed by atoms with Crippen LogP contribution in [-0.2, 0) is 18.3 Å². The van der Waals surface area contributed by atoms with Crippen molar-refractivity contribution in [3.63, 3.8) is 0 Å². The number of fused-ring (bicyclic) bond motifs is 5. The van der Waals surface area contributed by atoms with Crippen molar-refractivity contribution in [2.45, 2.75) is 44.9 Å². The van der Waals surface area contributed by atoms with E-state index in [0.29, 0.717) is 0 Å². The molecule has 0 heterocycles. The number of hydrogen-bond acceptors (Lipinski definition) is 1. The van der Waals surface area contributed by atoms with Gasteiger partial charge in [0.05, 0.1) is 5.69 Å². The lowest BCUT2D eigenvalue weighted by Gasteiger charge is -2.31. The Labute approximate surface area is 319 Å². The number of anilines is 3. The third-order valence-corrected chi connectivity index (χ3v) is 12.1. The fourth-order valence-electron chi connectivity index (χ4n) is 9.18. The van der Waals surface area contributed by atoms with Crippen molar-refractivity contribution < 1.29 is 0 Å². The molecule has 1 nitrogen and oxygen atoms in total. The van der Waals surface area contributed by atoms with Gasteiger partial charge in [-0.2, -0.15) is 0 Å². The summed E-state index contributed by atoms with van der Waals surface area (Å²) in [6.07, 6.45) is 4.87. The molecule has 8 aromatic rings. The van der Waals surface area contributed by atoms with Crippen LogP contribution in [0, 0.1) is 0 Å². The first-order valence-electron chi connectivity index (χ1n) is 19.5. The van der Waals surface area contributed by atoms with E-state index in [1.807, 2.05) is 0 Å². The summed E-state index contributed by atoms with van der Waals surface area (Å²) in [5.41, 5.74) is 19.3. The normalized spacial score (nSPS) is 14.0. The lowest BCUT2D eigenvalue weighted by molar-refractivity contribution is 0.660. The molecule has 0 unspecified atom stereocenters. The molecule has 1 heteroatoms. The van der Waals surface area contributed by atoms with Crippen LogP contribution in [0.3, 0.4) is 0 Å². The van der Waals surface area contributed by atoms with Gasteiger partial charge in [-0.05, 0) is 134 Å². The molecule has 54 heavy (non-hydrogen) atoms. The first kappa shape index (κ1) is 32.5. The molecule has 0 atom stereocenters. The van der Waals surface area contributed by atoms with E-state index in [9.17, 15) is 0 Å². The van der Waals surface area contributed by atoms with E-state index in [2.05, 4.69) is 195 Å². The van der Waals surface area contributed by atoms with Crippen molar-refractivity contribution >= 4 is 27.8 Å². The van der Waals surface area contributed by atoms with Gasteiger partial charge < -0.3 is 4.90 Å². The van der Waals surface area contributed by atoms with Gasteiger partial charge in [0, 0.05) is 22.4 Å². The Morgan fingerprint density at radius 1 is 0.407 bits per heavy atom. The van der Waals surface area contributed by atoms with Crippen LogP contribution >= 0.6 is 0 Å². The van der Waals surface area contributed by atoms with E-state index in [1.165, 1.54) is 102 Å². The predicted octanol–water partition coefficient (Wildman–Crippen LogP) is 14.5. The molecule has 10 rings (SSSR count). The Morgan fingerprint density at radius 2 is 1.02 bits per heavy atom. The second-order valence-corrected chi connectivity index (χ2v) is 15.6. The fraction of sp³-hybridized carbons (Fsp3) is 0.132. The van der Waals surface area contributed by atoms with Crippen LogP contribution in [0.5, 0.6) is 0 Å². The molecule has 0 saturated heterocycles. The van der Waals surface area contributed by atoms with E-state index in [4.69, 9.17) is 0 Å². The molecule has 260 valence electrons. The van der Waals surface area contributed by atoms with E-state index < -0.39 is 0 Å². The minimum Gasteiger partial charge on any atom is -0.310 e. The van der Waals surface area contributed by atoms with Gasteiger partial charge in [0.25, 0.3) is 0 Å². The van der Waals surface area contributed by atoms with Gasteiger partial charge in [-0.25, -0.2) is 0 Å². The molecule has 8 aromatic carbocycles. The molecule has 0 fully saturated rings. The standard InChI is InChI=1S/C53H43N/c1-53(2)50-22-11-10-20-47(50)49-34-48(42-24-23-37-15-6-7-17-41(37)33-42)52(35-51(49)53)54(43-29-25-38(26-30-43)36-13-4-3-5-14-36)44-31-27-40(28-32-44)46-21-12-18-39-16-8-9-19-45(39)46/h3-5,8-14,16,18-35H,6-7,15,17H2,1-2H3. The molecule has 2 aliphatic rings. The zero-order chi connectivity index (χ0) is 36.2. The van der Waals surface area contributed by atoms with Crippen LogP contribution in [0.4, 0.5) is 17.1 Å². The highest BCUT2D eigenvalue weighted by molar-refractivity contribution is 5.98. The van der Waals surface area contributed by atoms with Crippen LogP contribution in [-0.4, -0.2) is 0 Å². The van der Waals surface area contributed by atoms with Gasteiger partial charge in [-0.3, -0.25) is 0 Å². The summed E-state index contributed by atoms with van der Waals surface area (Å²) in [5.74, 6) is 0. The molecule has 0 bridgehead atoms. The zero-order valence-electron chi connectivity index (χ0n) is 31.0. The topological polar surface area (TPSA) is 3.24 Å². The lowest BCUT2D eigenvalue weighted by Crippen LogP contribution is -2.17. The average molecular weight is 694 g/mol. The maximum Gasteiger partial charge on any atom is 0.0543 e. The Hall–Kier alpha value is -6.18. The Bertz CT molecular complexity index is 2660. The summed E-state index contributed by atoms with van der Waals surface area (Å²) in [4.78, 5) is 2.50. The van der Waals surface area contributed by atoms with Gasteiger partial charge in [0.15, 0.2) is 0 Å². The van der Waals surface area contributed by atoms with Gasteiger partial charge in [0.2, 0.25) is 0 Å². The van der Waals surface area contributed by atoms with Crippen molar-refractivity contribution in [1.29, 1.82) is 0 Å². The van der Waals surface area contributed by atoms with Gasteiger partial charge in [-0.1, -0.05) is 153 Å². The summed E-state index contributed by atoms with van der Waals surface area (Å²) in [5, 5.41) is 2.53. The molecule has 0 aliphatic heterocycles. The van der Waals surface area contributed by atoms with Crippen molar-refractivity contribution in [3.8, 4) is 44.5 Å². The highest BCUT2D eigenvalue weighted by Crippen LogP contribution is 2.53. The van der Waals surface area contributed by atoms with Crippen molar-refractivity contribution in [2.75, 3.05) is 4.90 Å². The number of rotatable bonds is 6. The van der Waals surface area contributed by atoms with Gasteiger partial charge in [-0.15, -0.1) is 0 Å². The highest BCUT2D eigenvalue weighted by Gasteiger charge is 2.37. The molecule has 0 saturated carbocycles. The van der Waals surface area contributed by atoms with Crippen LogP contribution < -0.4 is 4.90 Å². The molecule has 0 amide bonds. The van der Waals surface area contributed by atoms with Crippen molar-refractivity contribution in [3.05, 3.63) is 198 Å². The Morgan fingerprint density at radius 3 is 1.81 bits per heavy atom. The van der Waals surface area contributed by atoms with Crippen LogP contribution in [0.2, 0.25) is 0 Å². The molecule has 0 aromatic heterocycles. The molecule has 2 aliphatic carbocycles. The minimum absolute atomic E-state index is 0.129. The maximum atomic E-state index is 2.51. The highest BCUT2D eigenvalue weighted by atomic mass is 15.1. The predicted molar refractivity (Wildman–Crippen MR) is 229 cm³/mol. The van der Waals surface area contributed by atoms with Gasteiger partial charge in [0.1, 0.15) is 0 Å². The lowest BCUT2D eigenvalue weighted by atomic mass is 9.81. The van der Waals surface area contributed by atoms with E-state index in [-0.39, 0.29) is 5.41 Å². The fourth-order valence-corrected chi connectivity index (χ4v) is 9.18. The third-order valence-electron chi connectivity index (χ3n) is 12.1. The second-order valence-electron chi connectivity index (χ2n) is 15.6. The number of hydrogen-bond donors (Lipinski definition) is 0. The molecular formula is C53H43N. The SMILES string of the molecule is CC1(C)c2ccccc2-c2cc(-c3ccc4c(c3)CCCC4)c(N(c3ccc(-c4ccccc4)cc3)c3ccc(-c4cccc5ccccc45)cc3)cc21. The maximum absolute atomic E-state index is 2.51. The summed E-state index contributed by atoms with van der Waals surface area (Å²) in [6, 6.07) is 65.6. The van der Waals surface area contributed by atoms with Crippen molar-refractivity contribution in [1.82, 2.24) is 0 Å². The molecule has 0 spiro atoms. The van der Waals surface area contributed by atoms with E-state index in [1.54, 1.807) is 0 Å². The third kappa shape index (κ3) is 5.46. The van der Waals surface area contributed by atoms with Gasteiger partial charge >= 0.3 is 0 Å². The van der Waals surface area contributed by atoms with E-state index >= 15 is 0 Å². The number of aryl methyl sites for hydroxylation is 2. The zero-order valence-corrected chi connectivity index (χ0v) is 31.0. The van der Waals surface area contributed by atoms with Crippen LogP contribution in [0.15, 0.2) is 176 Å². The number of benzene rings is 8. The van der Waals surface area contributed by atoms with Crippen molar-refractivity contribution in [2.24, 2.45) is 0 Å². The summed E-state index contributed by atoms with van der Waals surface area (Å²) in [7, 11) is 0. The largest absolute Gasteiger partial charge is 0.310 e. The monoisotopic (exact) mass is 693 g/mol. The van der Waals surface area contributed by atoms with Crippen LogP contribution in [0.25, 0.3) is 55.3 Å². The quantitative estimate of drug-likeness (QED) is 0.168. The Balaban J connectivity index is 1.19. The second kappa shape index (κ2) is 13.0. The average Bonchev–Trinajstić information content (AvgIpc) is 3.46. The molecule has 0 radical (unpaired) electrons. The summed E-state index contributed by atoms with van der Waals surface area (Å²) < 4.78 is 0. The summed E-state index contributed by atoms with van der Waals surface area (Å²) in [6.45, 7) is 4.77. The molecular weight excluding hydrogens is 651 g/mol. The van der Waals surface area contributed by atoms with Crippen LogP contribution in [0.1, 0.15) is 48.9 Å².